The SMILES string of the molecule is C=C(C)c1ccccc1C(=O)NC(C)(C)C. The molecule has 1 aromatic carbocycles. The molecule has 2 heteroatoms. The minimum Gasteiger partial charge on any atom is -0.347 e. The molecule has 0 bridgehead atoms. The molecule has 1 rings (SSSR count). The third-order valence-electron chi connectivity index (χ3n) is 2.12. The molecule has 0 heterocycles. The molecule has 0 saturated heterocycles. The van der Waals surface area contributed by atoms with Gasteiger partial charge in [-0.25, -0.2) is 0 Å². The Bertz CT molecular complexity index is 413. The monoisotopic (exact) mass is 217 g/mol. The highest BCUT2D eigenvalue weighted by Crippen LogP contribution is 2.17. The van der Waals surface area contributed by atoms with Crippen LogP contribution in [-0.2, 0) is 0 Å². The van der Waals surface area contributed by atoms with Crippen LogP contribution >= 0.6 is 0 Å². The summed E-state index contributed by atoms with van der Waals surface area (Å²) in [6.45, 7) is 11.7. The van der Waals surface area contributed by atoms with E-state index in [1.807, 2.05) is 52.0 Å². The number of rotatable bonds is 2. The van der Waals surface area contributed by atoms with Gasteiger partial charge in [0.05, 0.1) is 0 Å². The molecule has 0 aromatic heterocycles. The summed E-state index contributed by atoms with van der Waals surface area (Å²) < 4.78 is 0. The number of benzene rings is 1. The van der Waals surface area contributed by atoms with Crippen molar-refractivity contribution in [3.05, 3.63) is 42.0 Å². The average molecular weight is 217 g/mol. The lowest BCUT2D eigenvalue weighted by molar-refractivity contribution is 0.0919. The molecule has 16 heavy (non-hydrogen) atoms. The Morgan fingerprint density at radius 2 is 1.69 bits per heavy atom. The van der Waals surface area contributed by atoms with Gasteiger partial charge in [0.2, 0.25) is 0 Å². The van der Waals surface area contributed by atoms with Gasteiger partial charge in [0.15, 0.2) is 0 Å². The first-order valence-corrected chi connectivity index (χ1v) is 5.39. The number of nitrogens with one attached hydrogen (secondary N) is 1. The fourth-order valence-electron chi connectivity index (χ4n) is 1.46. The summed E-state index contributed by atoms with van der Waals surface area (Å²) in [5.74, 6) is -0.0499. The largest absolute Gasteiger partial charge is 0.347 e. The highest BCUT2D eigenvalue weighted by atomic mass is 16.1. The van der Waals surface area contributed by atoms with Crippen molar-refractivity contribution in [2.24, 2.45) is 0 Å². The minimum absolute atomic E-state index is 0.0499. The van der Waals surface area contributed by atoms with Gasteiger partial charge < -0.3 is 5.32 Å². The van der Waals surface area contributed by atoms with Crippen LogP contribution in [-0.4, -0.2) is 11.4 Å². The van der Waals surface area contributed by atoms with Crippen molar-refractivity contribution in [1.82, 2.24) is 5.32 Å². The number of amides is 1. The smallest absolute Gasteiger partial charge is 0.252 e. The Morgan fingerprint density at radius 3 is 2.12 bits per heavy atom. The van der Waals surface area contributed by atoms with Crippen molar-refractivity contribution in [3.8, 4) is 0 Å². The summed E-state index contributed by atoms with van der Waals surface area (Å²) in [6.07, 6.45) is 0. The molecule has 0 aliphatic rings. The molecule has 0 atom stereocenters. The average Bonchev–Trinajstić information content (AvgIpc) is 2.15. The van der Waals surface area contributed by atoms with Crippen LogP contribution in [0.2, 0.25) is 0 Å². The van der Waals surface area contributed by atoms with E-state index in [9.17, 15) is 4.79 Å². The normalized spacial score (nSPS) is 11.0. The Balaban J connectivity index is 3.04. The zero-order valence-corrected chi connectivity index (χ0v) is 10.4. The van der Waals surface area contributed by atoms with E-state index in [0.29, 0.717) is 5.56 Å². The lowest BCUT2D eigenvalue weighted by Gasteiger charge is -2.21. The van der Waals surface area contributed by atoms with E-state index in [1.165, 1.54) is 0 Å². The van der Waals surface area contributed by atoms with E-state index < -0.39 is 0 Å². The van der Waals surface area contributed by atoms with E-state index >= 15 is 0 Å². The van der Waals surface area contributed by atoms with Crippen LogP contribution in [0.3, 0.4) is 0 Å². The molecule has 0 aliphatic heterocycles. The van der Waals surface area contributed by atoms with Crippen LogP contribution in [0.25, 0.3) is 5.57 Å². The maximum Gasteiger partial charge on any atom is 0.252 e. The molecule has 1 amide bonds. The van der Waals surface area contributed by atoms with Gasteiger partial charge in [0, 0.05) is 11.1 Å². The van der Waals surface area contributed by atoms with Crippen LogP contribution in [0.4, 0.5) is 0 Å². The van der Waals surface area contributed by atoms with Crippen molar-refractivity contribution in [3.63, 3.8) is 0 Å². The van der Waals surface area contributed by atoms with Crippen LogP contribution in [0.15, 0.2) is 30.8 Å². The molecule has 0 radical (unpaired) electrons. The van der Waals surface area contributed by atoms with Crippen molar-refractivity contribution in [2.45, 2.75) is 33.2 Å². The third kappa shape index (κ3) is 3.23. The van der Waals surface area contributed by atoms with Gasteiger partial charge in [-0.1, -0.05) is 30.4 Å². The summed E-state index contributed by atoms with van der Waals surface area (Å²) in [7, 11) is 0. The summed E-state index contributed by atoms with van der Waals surface area (Å²) >= 11 is 0. The van der Waals surface area contributed by atoms with E-state index in [2.05, 4.69) is 11.9 Å². The molecule has 0 aliphatic carbocycles. The van der Waals surface area contributed by atoms with Crippen LogP contribution < -0.4 is 5.32 Å². The van der Waals surface area contributed by atoms with Gasteiger partial charge in [0.25, 0.3) is 5.91 Å². The maximum absolute atomic E-state index is 12.0. The highest BCUT2D eigenvalue weighted by Gasteiger charge is 2.17. The molecule has 1 N–H and O–H groups in total. The molecule has 2 nitrogen and oxygen atoms in total. The van der Waals surface area contributed by atoms with Gasteiger partial charge in [-0.2, -0.15) is 0 Å². The Kier molecular flexibility index (Phi) is 3.53. The molecule has 1 aromatic rings. The van der Waals surface area contributed by atoms with E-state index in [4.69, 9.17) is 0 Å². The third-order valence-corrected chi connectivity index (χ3v) is 2.12. The topological polar surface area (TPSA) is 29.1 Å². The van der Waals surface area contributed by atoms with Crippen molar-refractivity contribution in [1.29, 1.82) is 0 Å². The van der Waals surface area contributed by atoms with E-state index in [1.54, 1.807) is 0 Å². The first-order valence-electron chi connectivity index (χ1n) is 5.39. The van der Waals surface area contributed by atoms with Crippen molar-refractivity contribution >= 4 is 11.5 Å². The van der Waals surface area contributed by atoms with Crippen LogP contribution in [0.5, 0.6) is 0 Å². The number of hydrogen-bond donors (Lipinski definition) is 1. The molecule has 0 fully saturated rings. The van der Waals surface area contributed by atoms with E-state index in [-0.39, 0.29) is 11.4 Å². The summed E-state index contributed by atoms with van der Waals surface area (Å²) in [6, 6.07) is 7.52. The zero-order chi connectivity index (χ0) is 12.3. The first kappa shape index (κ1) is 12.5. The predicted octanol–water partition coefficient (Wildman–Crippen LogP) is 3.25. The Morgan fingerprint density at radius 1 is 1.19 bits per heavy atom. The summed E-state index contributed by atoms with van der Waals surface area (Å²) in [5, 5.41) is 2.95. The lowest BCUT2D eigenvalue weighted by atomic mass is 10.00. The molecule has 0 spiro atoms. The molecule has 86 valence electrons. The second-order valence-electron chi connectivity index (χ2n) is 5.03. The molecular weight excluding hydrogens is 198 g/mol. The van der Waals surface area contributed by atoms with Gasteiger partial charge in [-0.15, -0.1) is 0 Å². The second kappa shape index (κ2) is 4.52. The second-order valence-corrected chi connectivity index (χ2v) is 5.03. The Hall–Kier alpha value is -1.57. The van der Waals surface area contributed by atoms with Crippen molar-refractivity contribution < 1.29 is 4.79 Å². The van der Waals surface area contributed by atoms with Crippen LogP contribution in [0, 0.1) is 0 Å². The lowest BCUT2D eigenvalue weighted by Crippen LogP contribution is -2.40. The number of hydrogen-bond acceptors (Lipinski definition) is 1. The standard InChI is InChI=1S/C14H19NO/c1-10(2)11-8-6-7-9-12(11)13(16)15-14(3,4)5/h6-9H,1H2,2-5H3,(H,15,16). The highest BCUT2D eigenvalue weighted by molar-refractivity contribution is 5.99. The zero-order valence-electron chi connectivity index (χ0n) is 10.4. The fourth-order valence-corrected chi connectivity index (χ4v) is 1.46. The summed E-state index contributed by atoms with van der Waals surface area (Å²) in [4.78, 5) is 12.0. The van der Waals surface area contributed by atoms with Crippen molar-refractivity contribution in [2.75, 3.05) is 0 Å². The van der Waals surface area contributed by atoms with Gasteiger partial charge in [-0.3, -0.25) is 4.79 Å². The van der Waals surface area contributed by atoms with Crippen LogP contribution in [0.1, 0.15) is 43.6 Å². The first-order chi connectivity index (χ1) is 7.31. The van der Waals surface area contributed by atoms with Gasteiger partial charge >= 0.3 is 0 Å². The Labute approximate surface area is 97.4 Å². The molecular formula is C14H19NO. The fraction of sp³-hybridized carbons (Fsp3) is 0.357. The number of carbonyl (C=O) groups excluding carboxylic acids is 1. The summed E-state index contributed by atoms with van der Waals surface area (Å²) in [5.41, 5.74) is 2.27. The number of allylic oxidation sites excluding steroid dienone is 1. The maximum atomic E-state index is 12.0. The molecule has 0 saturated carbocycles. The van der Waals surface area contributed by atoms with Gasteiger partial charge in [0.1, 0.15) is 0 Å². The minimum atomic E-state index is -0.223. The molecule has 0 unspecified atom stereocenters. The van der Waals surface area contributed by atoms with E-state index in [0.717, 1.165) is 11.1 Å². The quantitative estimate of drug-likeness (QED) is 0.809. The van der Waals surface area contributed by atoms with Gasteiger partial charge in [-0.05, 0) is 39.3 Å². The number of carbonyl (C=O) groups is 1. The predicted molar refractivity (Wildman–Crippen MR) is 68.4 cm³/mol.